The summed E-state index contributed by atoms with van der Waals surface area (Å²) in [5, 5.41) is 3.51. The molecule has 0 aliphatic carbocycles. The molecule has 2 aromatic heterocycles. The third-order valence-corrected chi connectivity index (χ3v) is 10.7. The first-order valence-corrected chi connectivity index (χ1v) is 16.4. The minimum Gasteiger partial charge on any atom is -0.340 e. The lowest BCUT2D eigenvalue weighted by atomic mass is 9.89. The van der Waals surface area contributed by atoms with E-state index in [-0.39, 0.29) is 35.3 Å². The highest BCUT2D eigenvalue weighted by Gasteiger charge is 2.48. The largest absolute Gasteiger partial charge is 0.547 e. The molecule has 220 valence electrons. The van der Waals surface area contributed by atoms with Gasteiger partial charge in [0.1, 0.15) is 12.1 Å². The van der Waals surface area contributed by atoms with E-state index in [1.165, 1.54) is 23.5 Å². The summed E-state index contributed by atoms with van der Waals surface area (Å²) < 4.78 is 26.0. The quantitative estimate of drug-likeness (QED) is 0.386. The monoisotopic (exact) mass is 611 g/mol. The van der Waals surface area contributed by atoms with Crippen molar-refractivity contribution in [2.45, 2.75) is 69.5 Å². The molecule has 5 heterocycles. The number of fused-ring (bicyclic) bond motifs is 2. The molecule has 3 aromatic rings. The summed E-state index contributed by atoms with van der Waals surface area (Å²) in [5.41, 5.74) is 2.38. The fraction of sp³-hybridized carbons (Fsp3) is 0.467. The van der Waals surface area contributed by atoms with Gasteiger partial charge in [-0.3, -0.25) is 19.4 Å². The van der Waals surface area contributed by atoms with E-state index < -0.39 is 31.9 Å². The lowest BCUT2D eigenvalue weighted by molar-refractivity contribution is -0.148. The van der Waals surface area contributed by atoms with Gasteiger partial charge in [0, 0.05) is 47.7 Å². The van der Waals surface area contributed by atoms with Gasteiger partial charge in [0.15, 0.2) is 0 Å². The number of likely N-dealkylation sites (tertiary alicyclic amines) is 1. The van der Waals surface area contributed by atoms with Gasteiger partial charge >= 0.3 is 13.9 Å². The Morgan fingerprint density at radius 2 is 1.98 bits per heavy atom. The minimum absolute atomic E-state index is 0.0284. The van der Waals surface area contributed by atoms with Crippen LogP contribution in [-0.4, -0.2) is 68.6 Å². The van der Waals surface area contributed by atoms with Crippen molar-refractivity contribution in [1.82, 2.24) is 20.1 Å². The summed E-state index contributed by atoms with van der Waals surface area (Å²) >= 11 is 1.21. The summed E-state index contributed by atoms with van der Waals surface area (Å²) in [6.07, 6.45) is 6.27. The van der Waals surface area contributed by atoms with Gasteiger partial charge in [-0.15, -0.1) is 11.3 Å². The molecule has 1 aromatic carbocycles. The highest BCUT2D eigenvalue weighted by molar-refractivity contribution is 7.38. The van der Waals surface area contributed by atoms with Crippen LogP contribution in [0.5, 0.6) is 0 Å². The number of benzene rings is 1. The van der Waals surface area contributed by atoms with E-state index in [0.29, 0.717) is 36.2 Å². The molecule has 0 bridgehead atoms. The van der Waals surface area contributed by atoms with Gasteiger partial charge in [0.2, 0.25) is 11.8 Å². The topological polar surface area (TPSA) is 120 Å². The fourth-order valence-corrected chi connectivity index (χ4v) is 8.07. The smallest absolute Gasteiger partial charge is 0.340 e. The summed E-state index contributed by atoms with van der Waals surface area (Å²) in [6, 6.07) is 6.79. The van der Waals surface area contributed by atoms with Crippen molar-refractivity contribution >= 4 is 47.2 Å². The van der Waals surface area contributed by atoms with Crippen LogP contribution in [0.2, 0.25) is 0 Å². The number of alkyl halides is 1. The summed E-state index contributed by atoms with van der Waals surface area (Å²) in [6.45, 7) is 5.33. The number of carbonyl (C=O) groups excluding carboxylic acids is 3. The van der Waals surface area contributed by atoms with Crippen molar-refractivity contribution in [3.05, 3.63) is 64.3 Å². The van der Waals surface area contributed by atoms with E-state index in [1.807, 2.05) is 24.1 Å². The molecule has 6 atom stereocenters. The Hall–Kier alpha value is -3.27. The Balaban J connectivity index is 1.16. The van der Waals surface area contributed by atoms with Crippen LogP contribution >= 0.6 is 19.4 Å². The van der Waals surface area contributed by atoms with Gasteiger partial charge in [-0.25, -0.2) is 0 Å². The van der Waals surface area contributed by atoms with Crippen molar-refractivity contribution in [2.75, 3.05) is 13.1 Å². The lowest BCUT2D eigenvalue weighted by Crippen LogP contribution is -2.58. The number of nitrogens with zero attached hydrogens (tertiary/aromatic N) is 3. The zero-order chi connectivity index (χ0) is 29.7. The van der Waals surface area contributed by atoms with Crippen molar-refractivity contribution in [3.8, 4) is 0 Å². The SMILES string of the molecule is Cc1ccncc1C1CN(C(=O)[C@@H]2CC[C@@H]3C[C@H](C)C[C@H](NC(=O)c4cc5cc([C@@H](F)[P+](=O)O)ccc5s4)C(=O)N32)C1. The molecule has 42 heavy (non-hydrogen) atoms. The molecule has 1 unspecified atom stereocenters. The maximum absolute atomic E-state index is 14.1. The zero-order valence-electron chi connectivity index (χ0n) is 23.4. The molecule has 2 N–H and O–H groups in total. The van der Waals surface area contributed by atoms with E-state index >= 15 is 0 Å². The zero-order valence-corrected chi connectivity index (χ0v) is 25.1. The minimum atomic E-state index is -3.02. The van der Waals surface area contributed by atoms with Crippen molar-refractivity contribution in [2.24, 2.45) is 5.92 Å². The number of rotatable bonds is 6. The molecule has 3 amide bonds. The Kier molecular flexibility index (Phi) is 7.85. The first kappa shape index (κ1) is 28.8. The molecule has 0 saturated carbocycles. The molecule has 9 nitrogen and oxygen atoms in total. The van der Waals surface area contributed by atoms with Crippen molar-refractivity contribution in [1.29, 1.82) is 0 Å². The third kappa shape index (κ3) is 5.34. The number of thiophene rings is 1. The summed E-state index contributed by atoms with van der Waals surface area (Å²) in [7, 11) is -3.02. The first-order valence-electron chi connectivity index (χ1n) is 14.3. The number of carbonyl (C=O) groups is 3. The Morgan fingerprint density at radius 3 is 2.71 bits per heavy atom. The van der Waals surface area contributed by atoms with Crippen molar-refractivity contribution in [3.63, 3.8) is 0 Å². The molecular formula is C30H33FN4O5PS+. The number of hydrogen-bond acceptors (Lipinski definition) is 6. The number of aromatic nitrogens is 1. The summed E-state index contributed by atoms with van der Waals surface area (Å²) in [5.74, 6) is -2.24. The second kappa shape index (κ2) is 11.4. The van der Waals surface area contributed by atoms with Gasteiger partial charge in [0.05, 0.1) is 4.88 Å². The van der Waals surface area contributed by atoms with Gasteiger partial charge in [0.25, 0.3) is 5.91 Å². The van der Waals surface area contributed by atoms with E-state index in [0.717, 1.165) is 28.7 Å². The third-order valence-electron chi connectivity index (χ3n) is 8.90. The number of pyridine rings is 1. The predicted molar refractivity (Wildman–Crippen MR) is 157 cm³/mol. The van der Waals surface area contributed by atoms with E-state index in [1.54, 1.807) is 23.2 Å². The molecule has 0 spiro atoms. The number of aryl methyl sites for hydroxylation is 1. The van der Waals surface area contributed by atoms with Gasteiger partial charge < -0.3 is 15.1 Å². The average molecular weight is 612 g/mol. The molecule has 0 radical (unpaired) electrons. The van der Waals surface area contributed by atoms with Gasteiger partial charge in [-0.2, -0.15) is 9.28 Å². The maximum Gasteiger partial charge on any atom is 0.547 e. The number of hydrogen-bond donors (Lipinski definition) is 2. The molecular weight excluding hydrogens is 578 g/mol. The Labute approximate surface area is 248 Å². The fourth-order valence-electron chi connectivity index (χ4n) is 6.70. The first-order chi connectivity index (χ1) is 20.1. The second-order valence-corrected chi connectivity index (χ2v) is 14.0. The number of halogens is 1. The molecule has 12 heteroatoms. The van der Waals surface area contributed by atoms with Crippen LogP contribution in [0.3, 0.4) is 0 Å². The van der Waals surface area contributed by atoms with Gasteiger partial charge in [-0.1, -0.05) is 13.0 Å². The molecule has 3 aliphatic rings. The van der Waals surface area contributed by atoms with Gasteiger partial charge in [-0.05, 0) is 83.9 Å². The number of amides is 3. The Morgan fingerprint density at radius 1 is 1.19 bits per heavy atom. The standard InChI is InChI=1S/C30H32FN4O5PS/c1-16-9-21-4-5-24(30(38)34-14-20(15-34)22-13-32-8-7-17(22)2)35(21)29(37)23(10-16)33-28(36)26-12-19-11-18(27(31)41(39)40)3-6-25(19)42-26/h3,6-8,11-13,16,20-21,23-24,27H,4-5,9-10,14-15H2,1-2H3,(H-,33,36,39,40)/p+1/t16-,21+,23-,24-,27-/m0/s1. The van der Waals surface area contributed by atoms with Crippen LogP contribution < -0.4 is 5.32 Å². The molecule has 3 aliphatic heterocycles. The van der Waals surface area contributed by atoms with E-state index in [2.05, 4.69) is 17.2 Å². The van der Waals surface area contributed by atoms with Crippen LogP contribution in [-0.2, 0) is 14.2 Å². The maximum atomic E-state index is 14.1. The van der Waals surface area contributed by atoms with Crippen molar-refractivity contribution < 1.29 is 28.2 Å². The molecule has 3 fully saturated rings. The van der Waals surface area contributed by atoms with Crippen LogP contribution in [0.4, 0.5) is 4.39 Å². The second-order valence-electron chi connectivity index (χ2n) is 11.8. The predicted octanol–water partition coefficient (Wildman–Crippen LogP) is 4.82. The van der Waals surface area contributed by atoms with Crippen LogP contribution in [0.1, 0.15) is 70.8 Å². The summed E-state index contributed by atoms with van der Waals surface area (Å²) in [4.78, 5) is 58.2. The van der Waals surface area contributed by atoms with Crippen LogP contribution in [0.15, 0.2) is 42.7 Å². The highest BCUT2D eigenvalue weighted by Crippen LogP contribution is 2.41. The Bertz CT molecular complexity index is 1580. The number of nitrogens with one attached hydrogen (secondary N) is 1. The average Bonchev–Trinajstić information content (AvgIpc) is 3.53. The van der Waals surface area contributed by atoms with Crippen LogP contribution in [0.25, 0.3) is 10.1 Å². The van der Waals surface area contributed by atoms with E-state index in [9.17, 15) is 23.3 Å². The van der Waals surface area contributed by atoms with Crippen LogP contribution in [0, 0.1) is 12.8 Å². The van der Waals surface area contributed by atoms with E-state index in [4.69, 9.17) is 4.89 Å². The highest BCUT2D eigenvalue weighted by atomic mass is 32.1. The molecule has 6 rings (SSSR count). The normalized spacial score (nSPS) is 25.5. The molecule has 3 saturated heterocycles. The lowest BCUT2D eigenvalue weighted by Gasteiger charge is -2.43.